The molecule has 184 valence electrons. The van der Waals surface area contributed by atoms with E-state index in [2.05, 4.69) is 27.4 Å². The Labute approximate surface area is 213 Å². The number of amides is 1. The number of ether oxygens (including phenoxy) is 2. The number of aliphatic hydroxyl groups excluding tert-OH is 1. The first-order chi connectivity index (χ1) is 17.0. The number of Topliss-reactive ketones (excluding diaryl/α,β-unsaturated/α-hetero) is 1. The summed E-state index contributed by atoms with van der Waals surface area (Å²) >= 11 is 3.44. The van der Waals surface area contributed by atoms with Gasteiger partial charge in [-0.25, -0.2) is 0 Å². The van der Waals surface area contributed by atoms with Crippen LogP contribution in [0.2, 0.25) is 0 Å². The van der Waals surface area contributed by atoms with Crippen LogP contribution in [0.15, 0.2) is 71.2 Å². The van der Waals surface area contributed by atoms with Gasteiger partial charge in [0.05, 0.1) is 24.8 Å². The van der Waals surface area contributed by atoms with Gasteiger partial charge >= 0.3 is 0 Å². The molecule has 2 heterocycles. The summed E-state index contributed by atoms with van der Waals surface area (Å²) in [6, 6.07) is 13.6. The van der Waals surface area contributed by atoms with Gasteiger partial charge in [0.25, 0.3) is 11.7 Å². The minimum absolute atomic E-state index is 0.100. The van der Waals surface area contributed by atoms with E-state index >= 15 is 0 Å². The van der Waals surface area contributed by atoms with Crippen molar-refractivity contribution in [3.8, 4) is 5.75 Å². The lowest BCUT2D eigenvalue weighted by Crippen LogP contribution is -2.38. The number of hydrogen-bond donors (Lipinski definition) is 1. The van der Waals surface area contributed by atoms with Crippen molar-refractivity contribution >= 4 is 33.4 Å². The summed E-state index contributed by atoms with van der Waals surface area (Å²) in [6.45, 7) is 8.36. The molecule has 4 rings (SSSR count). The van der Waals surface area contributed by atoms with Crippen molar-refractivity contribution in [3.63, 3.8) is 0 Å². The van der Waals surface area contributed by atoms with E-state index in [4.69, 9.17) is 9.47 Å². The van der Waals surface area contributed by atoms with E-state index in [1.165, 1.54) is 0 Å². The SMILES string of the molecule is C=CCOc1ccc(/C(O)=C2\C(=O)C(=O)N(CCCN3CCOCC3)C2c2ccc(Br)cc2)cc1. The zero-order chi connectivity index (χ0) is 24.8. The van der Waals surface area contributed by atoms with Gasteiger partial charge in [-0.3, -0.25) is 14.5 Å². The Balaban J connectivity index is 1.63. The minimum Gasteiger partial charge on any atom is -0.507 e. The normalized spacial score (nSPS) is 20.3. The summed E-state index contributed by atoms with van der Waals surface area (Å²) < 4.78 is 11.8. The highest BCUT2D eigenvalue weighted by atomic mass is 79.9. The summed E-state index contributed by atoms with van der Waals surface area (Å²) in [4.78, 5) is 30.2. The molecule has 35 heavy (non-hydrogen) atoms. The molecule has 7 nitrogen and oxygen atoms in total. The van der Waals surface area contributed by atoms with Crippen LogP contribution in [0.4, 0.5) is 0 Å². The first-order valence-electron chi connectivity index (χ1n) is 11.7. The van der Waals surface area contributed by atoms with Crippen LogP contribution in [0.5, 0.6) is 5.75 Å². The Kier molecular flexibility index (Phi) is 8.38. The van der Waals surface area contributed by atoms with Crippen molar-refractivity contribution in [1.82, 2.24) is 9.80 Å². The molecule has 2 aliphatic heterocycles. The van der Waals surface area contributed by atoms with Gasteiger partial charge in [-0.1, -0.05) is 40.7 Å². The predicted octanol–water partition coefficient (Wildman–Crippen LogP) is 4.16. The van der Waals surface area contributed by atoms with E-state index in [-0.39, 0.29) is 11.3 Å². The number of benzene rings is 2. The topological polar surface area (TPSA) is 79.3 Å². The molecule has 0 aromatic heterocycles. The fourth-order valence-corrected chi connectivity index (χ4v) is 4.68. The maximum Gasteiger partial charge on any atom is 0.295 e. The Morgan fingerprint density at radius 1 is 1.09 bits per heavy atom. The highest BCUT2D eigenvalue weighted by molar-refractivity contribution is 9.10. The zero-order valence-electron chi connectivity index (χ0n) is 19.5. The lowest BCUT2D eigenvalue weighted by molar-refractivity contribution is -0.140. The molecule has 1 N–H and O–H groups in total. The average Bonchev–Trinajstić information content (AvgIpc) is 3.13. The van der Waals surface area contributed by atoms with Gasteiger partial charge in [0, 0.05) is 36.2 Å². The van der Waals surface area contributed by atoms with Crippen molar-refractivity contribution in [1.29, 1.82) is 0 Å². The second-order valence-corrected chi connectivity index (χ2v) is 9.39. The third-order valence-corrected chi connectivity index (χ3v) is 6.73. The number of likely N-dealkylation sites (tertiary alicyclic amines) is 1. The molecule has 1 unspecified atom stereocenters. The number of ketones is 1. The monoisotopic (exact) mass is 540 g/mol. The Morgan fingerprint density at radius 3 is 2.43 bits per heavy atom. The first-order valence-corrected chi connectivity index (χ1v) is 12.5. The predicted molar refractivity (Wildman–Crippen MR) is 137 cm³/mol. The molecular weight excluding hydrogens is 512 g/mol. The Morgan fingerprint density at radius 2 is 1.77 bits per heavy atom. The van der Waals surface area contributed by atoms with Crippen LogP contribution < -0.4 is 4.74 Å². The molecule has 0 spiro atoms. The van der Waals surface area contributed by atoms with Crippen molar-refractivity contribution in [2.45, 2.75) is 12.5 Å². The summed E-state index contributed by atoms with van der Waals surface area (Å²) in [5.41, 5.74) is 1.32. The molecule has 2 aliphatic rings. The maximum atomic E-state index is 13.2. The number of halogens is 1. The van der Waals surface area contributed by atoms with Crippen LogP contribution in [0.1, 0.15) is 23.6 Å². The summed E-state index contributed by atoms with van der Waals surface area (Å²) in [7, 11) is 0. The fraction of sp³-hybridized carbons (Fsp3) is 0.333. The molecule has 8 heteroatoms. The minimum atomic E-state index is -0.672. The quantitative estimate of drug-likeness (QED) is 0.222. The number of hydrogen-bond acceptors (Lipinski definition) is 6. The number of aliphatic hydroxyl groups is 1. The number of rotatable bonds is 9. The molecule has 0 radical (unpaired) electrons. The van der Waals surface area contributed by atoms with E-state index in [9.17, 15) is 14.7 Å². The number of nitrogens with zero attached hydrogens (tertiary/aromatic N) is 2. The van der Waals surface area contributed by atoms with Crippen LogP contribution in [-0.2, 0) is 14.3 Å². The number of morpholine rings is 1. The fourth-order valence-electron chi connectivity index (χ4n) is 4.41. The molecule has 2 aromatic carbocycles. The van der Waals surface area contributed by atoms with Crippen molar-refractivity contribution in [3.05, 3.63) is 82.4 Å². The molecule has 2 fully saturated rings. The van der Waals surface area contributed by atoms with Gasteiger partial charge in [-0.2, -0.15) is 0 Å². The zero-order valence-corrected chi connectivity index (χ0v) is 21.1. The smallest absolute Gasteiger partial charge is 0.295 e. The van der Waals surface area contributed by atoms with Gasteiger partial charge in [0.15, 0.2) is 0 Å². The molecule has 2 aromatic rings. The van der Waals surface area contributed by atoms with E-state index in [0.29, 0.717) is 37.7 Å². The Bertz CT molecular complexity index is 1090. The summed E-state index contributed by atoms with van der Waals surface area (Å²) in [6.07, 6.45) is 2.36. The number of carbonyl (C=O) groups excluding carboxylic acids is 2. The third kappa shape index (κ3) is 5.83. The van der Waals surface area contributed by atoms with Crippen LogP contribution in [0.3, 0.4) is 0 Å². The summed E-state index contributed by atoms with van der Waals surface area (Å²) in [5, 5.41) is 11.2. The molecule has 2 saturated heterocycles. The van der Waals surface area contributed by atoms with Crippen LogP contribution >= 0.6 is 15.9 Å². The highest BCUT2D eigenvalue weighted by Gasteiger charge is 2.45. The maximum absolute atomic E-state index is 13.2. The van der Waals surface area contributed by atoms with Crippen molar-refractivity contribution in [2.75, 3.05) is 46.0 Å². The molecule has 0 saturated carbocycles. The van der Waals surface area contributed by atoms with Gasteiger partial charge in [-0.15, -0.1) is 0 Å². The van der Waals surface area contributed by atoms with E-state index < -0.39 is 17.7 Å². The van der Waals surface area contributed by atoms with E-state index in [1.807, 2.05) is 24.3 Å². The first kappa shape index (κ1) is 25.2. The lowest BCUT2D eigenvalue weighted by Gasteiger charge is -2.29. The lowest BCUT2D eigenvalue weighted by atomic mass is 9.95. The van der Waals surface area contributed by atoms with E-state index in [0.717, 1.165) is 36.1 Å². The van der Waals surface area contributed by atoms with Crippen molar-refractivity contribution < 1.29 is 24.2 Å². The number of carbonyl (C=O) groups is 2. The average molecular weight is 541 g/mol. The van der Waals surface area contributed by atoms with Gasteiger partial charge in [-0.05, 0) is 48.4 Å². The molecule has 0 aliphatic carbocycles. The largest absolute Gasteiger partial charge is 0.507 e. The van der Waals surface area contributed by atoms with Gasteiger partial charge in [0.2, 0.25) is 0 Å². The van der Waals surface area contributed by atoms with Crippen molar-refractivity contribution in [2.24, 2.45) is 0 Å². The second-order valence-electron chi connectivity index (χ2n) is 8.48. The second kappa shape index (κ2) is 11.7. The molecule has 1 amide bonds. The Hall–Kier alpha value is -2.94. The highest BCUT2D eigenvalue weighted by Crippen LogP contribution is 2.40. The molecular formula is C27H29BrN2O5. The van der Waals surface area contributed by atoms with Crippen LogP contribution in [0, 0.1) is 0 Å². The van der Waals surface area contributed by atoms with Crippen LogP contribution in [-0.4, -0.2) is 72.6 Å². The van der Waals surface area contributed by atoms with Gasteiger partial charge in [0.1, 0.15) is 18.1 Å². The van der Waals surface area contributed by atoms with Gasteiger partial charge < -0.3 is 19.5 Å². The summed E-state index contributed by atoms with van der Waals surface area (Å²) in [5.74, 6) is -0.835. The molecule has 1 atom stereocenters. The molecule has 0 bridgehead atoms. The van der Waals surface area contributed by atoms with Crippen LogP contribution in [0.25, 0.3) is 5.76 Å². The van der Waals surface area contributed by atoms with E-state index in [1.54, 1.807) is 35.2 Å². The standard InChI is InChI=1S/C27H29BrN2O5/c1-2-16-35-22-10-6-20(7-11-22)25(31)23-24(19-4-8-21(28)9-5-19)30(27(33)26(23)32)13-3-12-29-14-17-34-18-15-29/h2,4-11,24,31H,1,3,12-18H2/b25-23+. The third-order valence-electron chi connectivity index (χ3n) is 6.20.